The van der Waals surface area contributed by atoms with Crippen molar-refractivity contribution in [3.63, 3.8) is 0 Å². The number of allylic oxidation sites excluding steroid dienone is 7. The van der Waals surface area contributed by atoms with Gasteiger partial charge in [0.1, 0.15) is 0 Å². The van der Waals surface area contributed by atoms with Crippen LogP contribution in [0.15, 0.2) is 90.2 Å². The Morgan fingerprint density at radius 3 is 2.43 bits per heavy atom. The Bertz CT molecular complexity index is 1120. The highest BCUT2D eigenvalue weighted by Crippen LogP contribution is 2.49. The molecule has 0 saturated carbocycles. The molecular weight excluding hydrogens is 362 g/mol. The van der Waals surface area contributed by atoms with Crippen LogP contribution < -0.4 is 5.32 Å². The van der Waals surface area contributed by atoms with Crippen LogP contribution in [0, 0.1) is 11.3 Å². The van der Waals surface area contributed by atoms with Crippen LogP contribution in [0.2, 0.25) is 0 Å². The minimum absolute atomic E-state index is 0.0376. The number of hydrogen-bond donors (Lipinski definition) is 1. The highest BCUT2D eigenvalue weighted by Gasteiger charge is 2.35. The fraction of sp³-hybridized carbons (Fsp3) is 0.310. The second-order valence-corrected chi connectivity index (χ2v) is 9.90. The quantitative estimate of drug-likeness (QED) is 0.561. The average molecular weight is 394 g/mol. The van der Waals surface area contributed by atoms with E-state index >= 15 is 0 Å². The van der Waals surface area contributed by atoms with Gasteiger partial charge in [-0.05, 0) is 64.8 Å². The van der Waals surface area contributed by atoms with Crippen molar-refractivity contribution in [3.8, 4) is 11.1 Å². The smallest absolute Gasteiger partial charge is 0.0387 e. The van der Waals surface area contributed by atoms with Crippen molar-refractivity contribution < 1.29 is 0 Å². The average Bonchev–Trinajstić information content (AvgIpc) is 2.98. The van der Waals surface area contributed by atoms with Gasteiger partial charge in [0.2, 0.25) is 0 Å². The number of anilines is 1. The van der Waals surface area contributed by atoms with E-state index in [4.69, 9.17) is 0 Å². The second kappa shape index (κ2) is 6.87. The third-order valence-corrected chi connectivity index (χ3v) is 7.22. The summed E-state index contributed by atoms with van der Waals surface area (Å²) in [5.74, 6) is 0.660. The van der Waals surface area contributed by atoms with Crippen LogP contribution in [0.25, 0.3) is 11.1 Å². The summed E-state index contributed by atoms with van der Waals surface area (Å²) in [6.07, 6.45) is 16.2. The van der Waals surface area contributed by atoms with E-state index < -0.39 is 0 Å². The molecule has 1 nitrogen and oxygen atoms in total. The maximum atomic E-state index is 3.66. The summed E-state index contributed by atoms with van der Waals surface area (Å²) in [7, 11) is 0. The monoisotopic (exact) mass is 393 g/mol. The van der Waals surface area contributed by atoms with E-state index in [0.29, 0.717) is 5.92 Å². The first kappa shape index (κ1) is 19.2. The highest BCUT2D eigenvalue weighted by atomic mass is 14.9. The SMILES string of the molecule is CC1C=CC(C2(C)C=CC(Nc3ccc4c(c3)C(C)(C)c3ccccc3-4)=CC2)=CC1. The predicted octanol–water partition coefficient (Wildman–Crippen LogP) is 7.78. The Balaban J connectivity index is 1.36. The van der Waals surface area contributed by atoms with Crippen LogP contribution in [-0.2, 0) is 5.41 Å². The molecule has 5 rings (SSSR count). The molecule has 0 amide bonds. The molecule has 3 aliphatic carbocycles. The molecule has 2 aromatic carbocycles. The molecule has 2 unspecified atom stereocenters. The van der Waals surface area contributed by atoms with Gasteiger partial charge in [-0.2, -0.15) is 0 Å². The molecule has 30 heavy (non-hydrogen) atoms. The van der Waals surface area contributed by atoms with Crippen molar-refractivity contribution >= 4 is 5.69 Å². The third-order valence-electron chi connectivity index (χ3n) is 7.22. The van der Waals surface area contributed by atoms with E-state index in [2.05, 4.69) is 112 Å². The van der Waals surface area contributed by atoms with Gasteiger partial charge in [0.05, 0.1) is 0 Å². The Labute approximate surface area is 180 Å². The number of nitrogens with one attached hydrogen (secondary N) is 1. The van der Waals surface area contributed by atoms with Crippen molar-refractivity contribution in [2.45, 2.75) is 46.0 Å². The van der Waals surface area contributed by atoms with Crippen LogP contribution in [-0.4, -0.2) is 0 Å². The minimum atomic E-state index is 0.0376. The predicted molar refractivity (Wildman–Crippen MR) is 129 cm³/mol. The summed E-state index contributed by atoms with van der Waals surface area (Å²) in [6.45, 7) is 9.29. The lowest BCUT2D eigenvalue weighted by Gasteiger charge is -2.32. The Kier molecular flexibility index (Phi) is 4.39. The Hall–Kier alpha value is -2.80. The van der Waals surface area contributed by atoms with E-state index in [-0.39, 0.29) is 10.8 Å². The van der Waals surface area contributed by atoms with Crippen LogP contribution in [0.1, 0.15) is 51.7 Å². The lowest BCUT2D eigenvalue weighted by atomic mass is 9.74. The Morgan fingerprint density at radius 1 is 0.900 bits per heavy atom. The van der Waals surface area contributed by atoms with Crippen molar-refractivity contribution in [2.75, 3.05) is 5.32 Å². The van der Waals surface area contributed by atoms with E-state index in [9.17, 15) is 0 Å². The second-order valence-electron chi connectivity index (χ2n) is 9.90. The normalized spacial score (nSPS) is 25.9. The number of hydrogen-bond acceptors (Lipinski definition) is 1. The summed E-state index contributed by atoms with van der Waals surface area (Å²) in [6, 6.07) is 15.6. The Morgan fingerprint density at radius 2 is 1.70 bits per heavy atom. The maximum Gasteiger partial charge on any atom is 0.0387 e. The zero-order valence-electron chi connectivity index (χ0n) is 18.5. The van der Waals surface area contributed by atoms with E-state index in [0.717, 1.165) is 12.8 Å². The van der Waals surface area contributed by atoms with Gasteiger partial charge in [-0.25, -0.2) is 0 Å². The molecule has 1 heteroatoms. The van der Waals surface area contributed by atoms with Gasteiger partial charge in [0.25, 0.3) is 0 Å². The molecule has 0 fully saturated rings. The molecule has 0 saturated heterocycles. The fourth-order valence-electron chi connectivity index (χ4n) is 5.14. The number of fused-ring (bicyclic) bond motifs is 3. The van der Waals surface area contributed by atoms with Crippen LogP contribution in [0.3, 0.4) is 0 Å². The summed E-state index contributed by atoms with van der Waals surface area (Å²) in [4.78, 5) is 0. The molecule has 0 aliphatic heterocycles. The van der Waals surface area contributed by atoms with Gasteiger partial charge < -0.3 is 5.32 Å². The zero-order valence-corrected chi connectivity index (χ0v) is 18.5. The molecule has 0 aromatic heterocycles. The fourth-order valence-corrected chi connectivity index (χ4v) is 5.14. The molecule has 0 spiro atoms. The first-order valence-corrected chi connectivity index (χ1v) is 11.2. The van der Waals surface area contributed by atoms with Gasteiger partial charge in [0.15, 0.2) is 0 Å². The van der Waals surface area contributed by atoms with E-state index in [1.165, 1.54) is 39.2 Å². The third kappa shape index (κ3) is 3.08. The van der Waals surface area contributed by atoms with Crippen molar-refractivity contribution in [1.29, 1.82) is 0 Å². The van der Waals surface area contributed by atoms with Gasteiger partial charge in [0, 0.05) is 22.2 Å². The van der Waals surface area contributed by atoms with E-state index in [1.807, 2.05) is 0 Å². The lowest BCUT2D eigenvalue weighted by Crippen LogP contribution is -2.20. The van der Waals surface area contributed by atoms with Crippen molar-refractivity contribution in [2.24, 2.45) is 11.3 Å². The molecule has 1 N–H and O–H groups in total. The molecule has 2 aromatic rings. The van der Waals surface area contributed by atoms with E-state index in [1.54, 1.807) is 0 Å². The zero-order chi connectivity index (χ0) is 20.9. The summed E-state index contributed by atoms with van der Waals surface area (Å²) in [5, 5.41) is 3.66. The molecule has 0 bridgehead atoms. The largest absolute Gasteiger partial charge is 0.356 e. The molecule has 152 valence electrons. The number of rotatable bonds is 3. The molecule has 0 radical (unpaired) electrons. The van der Waals surface area contributed by atoms with Crippen LogP contribution >= 0.6 is 0 Å². The minimum Gasteiger partial charge on any atom is -0.356 e. The van der Waals surface area contributed by atoms with Gasteiger partial charge >= 0.3 is 0 Å². The summed E-state index contributed by atoms with van der Waals surface area (Å²) in [5.41, 5.74) is 9.52. The van der Waals surface area contributed by atoms with Gasteiger partial charge in [-0.1, -0.05) is 88.4 Å². The van der Waals surface area contributed by atoms with Gasteiger partial charge in [-0.15, -0.1) is 0 Å². The molecule has 2 atom stereocenters. The van der Waals surface area contributed by atoms with Crippen molar-refractivity contribution in [3.05, 3.63) is 101 Å². The molecule has 0 heterocycles. The van der Waals surface area contributed by atoms with Crippen molar-refractivity contribution in [1.82, 2.24) is 0 Å². The first-order valence-electron chi connectivity index (χ1n) is 11.2. The molecular formula is C29H31N. The first-order chi connectivity index (χ1) is 14.4. The van der Waals surface area contributed by atoms with Gasteiger partial charge in [-0.3, -0.25) is 0 Å². The lowest BCUT2D eigenvalue weighted by molar-refractivity contribution is 0.518. The highest BCUT2D eigenvalue weighted by molar-refractivity contribution is 5.82. The van der Waals surface area contributed by atoms with Crippen LogP contribution in [0.4, 0.5) is 5.69 Å². The molecule has 3 aliphatic rings. The number of benzene rings is 2. The topological polar surface area (TPSA) is 12.0 Å². The summed E-state index contributed by atoms with van der Waals surface area (Å²) < 4.78 is 0. The standard InChI is InChI=1S/C29H31N/c1-20-9-11-21(12-10-20)29(4)17-15-22(16-18-29)30-23-13-14-25-24-7-5-6-8-26(24)28(2,3)27(25)19-23/h5-9,11-17,19-20,30H,10,18H2,1-4H3. The van der Waals surface area contributed by atoms with Crippen LogP contribution in [0.5, 0.6) is 0 Å². The summed E-state index contributed by atoms with van der Waals surface area (Å²) >= 11 is 0. The maximum absolute atomic E-state index is 3.66.